The van der Waals surface area contributed by atoms with Crippen LogP contribution in [-0.4, -0.2) is 64.6 Å². The minimum atomic E-state index is -4.85. The number of alkyl halides is 3. The maximum Gasteiger partial charge on any atom is 0.573 e. The summed E-state index contributed by atoms with van der Waals surface area (Å²) < 4.78 is 49.7. The Morgan fingerprint density at radius 1 is 1.19 bits per heavy atom. The zero-order chi connectivity index (χ0) is 22.0. The van der Waals surface area contributed by atoms with Crippen molar-refractivity contribution >= 4 is 5.91 Å². The van der Waals surface area contributed by atoms with E-state index in [2.05, 4.69) is 16.6 Å². The van der Waals surface area contributed by atoms with E-state index in [9.17, 15) is 18.0 Å². The lowest BCUT2D eigenvalue weighted by atomic mass is 10.1. The van der Waals surface area contributed by atoms with Crippen LogP contribution in [0.5, 0.6) is 5.75 Å². The summed E-state index contributed by atoms with van der Waals surface area (Å²) in [6, 6.07) is 5.46. The number of amides is 1. The summed E-state index contributed by atoms with van der Waals surface area (Å²) in [5.41, 5.74) is 3.31. The molecule has 4 rings (SSSR count). The quantitative estimate of drug-likeness (QED) is 0.719. The van der Waals surface area contributed by atoms with Crippen molar-refractivity contribution in [1.82, 2.24) is 19.6 Å². The fourth-order valence-corrected chi connectivity index (χ4v) is 4.12. The van der Waals surface area contributed by atoms with Crippen LogP contribution in [0.15, 0.2) is 24.3 Å². The van der Waals surface area contributed by atoms with Crippen molar-refractivity contribution in [2.24, 2.45) is 0 Å². The van der Waals surface area contributed by atoms with Gasteiger partial charge in [0.05, 0.1) is 24.5 Å². The lowest BCUT2D eigenvalue weighted by molar-refractivity contribution is -0.274. The molecule has 31 heavy (non-hydrogen) atoms. The molecule has 1 aromatic carbocycles. The van der Waals surface area contributed by atoms with Crippen LogP contribution in [0.25, 0.3) is 0 Å². The number of aryl methyl sites for hydroxylation is 1. The number of para-hydroxylation sites is 1. The molecule has 0 unspecified atom stereocenters. The lowest BCUT2D eigenvalue weighted by Gasteiger charge is -2.34. The second-order valence-electron chi connectivity index (χ2n) is 7.60. The summed E-state index contributed by atoms with van der Waals surface area (Å²) in [6.07, 6.45) is -3.99. The third-order valence-electron chi connectivity index (χ3n) is 5.65. The molecule has 1 saturated heterocycles. The van der Waals surface area contributed by atoms with Gasteiger partial charge in [0.2, 0.25) is 0 Å². The van der Waals surface area contributed by atoms with E-state index in [0.29, 0.717) is 45.9 Å². The van der Waals surface area contributed by atoms with Crippen molar-refractivity contribution in [1.29, 1.82) is 0 Å². The number of hydrogen-bond acceptors (Lipinski definition) is 5. The maximum atomic E-state index is 12.8. The number of piperazine rings is 1. The van der Waals surface area contributed by atoms with Gasteiger partial charge in [-0.25, -0.2) is 0 Å². The van der Waals surface area contributed by atoms with E-state index in [4.69, 9.17) is 9.84 Å². The van der Waals surface area contributed by atoms with Crippen LogP contribution in [0.2, 0.25) is 0 Å². The first-order valence-electron chi connectivity index (χ1n) is 10.4. The number of fused-ring (bicyclic) bond motifs is 1. The smallest absolute Gasteiger partial charge is 0.405 e. The fourth-order valence-electron chi connectivity index (χ4n) is 4.12. The summed E-state index contributed by atoms with van der Waals surface area (Å²) in [5, 5.41) is 4.74. The SMILES string of the molecule is CCn1nc(CN2CCN(C(=O)c3ccccc3OC(F)(F)F)CC2)c2c1CCOC2. The number of nitrogens with zero attached hydrogens (tertiary/aromatic N) is 4. The number of aromatic nitrogens is 2. The minimum absolute atomic E-state index is 0.0822. The summed E-state index contributed by atoms with van der Waals surface area (Å²) in [4.78, 5) is 16.6. The molecule has 1 aromatic heterocycles. The molecule has 0 aliphatic carbocycles. The highest BCUT2D eigenvalue weighted by molar-refractivity contribution is 5.97. The first kappa shape index (κ1) is 21.6. The van der Waals surface area contributed by atoms with Gasteiger partial charge in [0.15, 0.2) is 0 Å². The molecule has 0 N–H and O–H groups in total. The van der Waals surface area contributed by atoms with Crippen LogP contribution in [0.4, 0.5) is 13.2 Å². The highest BCUT2D eigenvalue weighted by Crippen LogP contribution is 2.28. The second-order valence-corrected chi connectivity index (χ2v) is 7.60. The van der Waals surface area contributed by atoms with Gasteiger partial charge in [0.25, 0.3) is 5.91 Å². The summed E-state index contributed by atoms with van der Waals surface area (Å²) in [6.45, 7) is 6.89. The molecule has 1 amide bonds. The third kappa shape index (κ3) is 4.85. The predicted octanol–water partition coefficient (Wildman–Crippen LogP) is 2.83. The molecule has 0 atom stereocenters. The minimum Gasteiger partial charge on any atom is -0.405 e. The van der Waals surface area contributed by atoms with E-state index in [1.54, 1.807) is 4.90 Å². The molecule has 2 aliphatic heterocycles. The molecule has 0 spiro atoms. The average Bonchev–Trinajstić information content (AvgIpc) is 3.11. The van der Waals surface area contributed by atoms with Crippen LogP contribution in [0, 0.1) is 0 Å². The van der Waals surface area contributed by atoms with Crippen LogP contribution in [0.1, 0.15) is 34.2 Å². The maximum absolute atomic E-state index is 12.8. The van der Waals surface area contributed by atoms with E-state index in [0.717, 1.165) is 30.3 Å². The van der Waals surface area contributed by atoms with E-state index in [1.807, 2.05) is 4.68 Å². The number of halogens is 3. The Kier molecular flexibility index (Phi) is 6.19. The molecule has 2 aromatic rings. The monoisotopic (exact) mass is 438 g/mol. The standard InChI is InChI=1S/C21H25F3N4O3/c1-2-28-18-7-12-30-14-16(18)17(25-28)13-26-8-10-27(11-9-26)20(29)15-5-3-4-6-19(15)31-21(22,23)24/h3-6H,2,7-14H2,1H3. The van der Waals surface area contributed by atoms with Gasteiger partial charge in [-0.2, -0.15) is 5.10 Å². The Morgan fingerprint density at radius 2 is 1.94 bits per heavy atom. The molecule has 0 radical (unpaired) electrons. The van der Waals surface area contributed by atoms with E-state index >= 15 is 0 Å². The molecule has 0 saturated carbocycles. The highest BCUT2D eigenvalue weighted by Gasteiger charge is 2.34. The number of benzene rings is 1. The molecule has 168 valence electrons. The largest absolute Gasteiger partial charge is 0.573 e. The van der Waals surface area contributed by atoms with Gasteiger partial charge in [0.1, 0.15) is 5.75 Å². The molecule has 1 fully saturated rings. The van der Waals surface area contributed by atoms with Crippen molar-refractivity contribution in [3.63, 3.8) is 0 Å². The van der Waals surface area contributed by atoms with Crippen molar-refractivity contribution in [3.8, 4) is 5.75 Å². The van der Waals surface area contributed by atoms with Crippen LogP contribution < -0.4 is 4.74 Å². The Hall–Kier alpha value is -2.59. The normalized spacial score (nSPS) is 17.5. The number of carbonyl (C=O) groups excluding carboxylic acids is 1. The van der Waals surface area contributed by atoms with E-state index in [1.165, 1.54) is 23.9 Å². The van der Waals surface area contributed by atoms with Gasteiger partial charge in [-0.05, 0) is 19.1 Å². The van der Waals surface area contributed by atoms with Crippen LogP contribution in [0.3, 0.4) is 0 Å². The van der Waals surface area contributed by atoms with Crippen LogP contribution in [-0.2, 0) is 30.9 Å². The number of ether oxygens (including phenoxy) is 2. The Labute approximate surface area is 178 Å². The molecular weight excluding hydrogens is 413 g/mol. The fraction of sp³-hybridized carbons (Fsp3) is 0.524. The zero-order valence-corrected chi connectivity index (χ0v) is 17.3. The molecule has 0 bridgehead atoms. The van der Waals surface area contributed by atoms with Gasteiger partial charge in [-0.3, -0.25) is 14.4 Å². The van der Waals surface area contributed by atoms with Gasteiger partial charge in [-0.15, -0.1) is 13.2 Å². The molecule has 2 aliphatic rings. The van der Waals surface area contributed by atoms with Crippen molar-refractivity contribution in [2.75, 3.05) is 32.8 Å². The summed E-state index contributed by atoms with van der Waals surface area (Å²) >= 11 is 0. The van der Waals surface area contributed by atoms with E-state index in [-0.39, 0.29) is 5.56 Å². The number of hydrogen-bond donors (Lipinski definition) is 0. The predicted molar refractivity (Wildman–Crippen MR) is 106 cm³/mol. The topological polar surface area (TPSA) is 59.8 Å². The van der Waals surface area contributed by atoms with Crippen LogP contribution >= 0.6 is 0 Å². The second kappa shape index (κ2) is 8.88. The highest BCUT2D eigenvalue weighted by atomic mass is 19.4. The molecule has 3 heterocycles. The summed E-state index contributed by atoms with van der Waals surface area (Å²) in [5.74, 6) is -0.931. The average molecular weight is 438 g/mol. The van der Waals surface area contributed by atoms with Gasteiger partial charge in [0, 0.05) is 56.9 Å². The van der Waals surface area contributed by atoms with Crippen molar-refractivity contribution in [2.45, 2.75) is 39.4 Å². The zero-order valence-electron chi connectivity index (χ0n) is 17.3. The molecular formula is C21H25F3N4O3. The Morgan fingerprint density at radius 3 is 2.65 bits per heavy atom. The lowest BCUT2D eigenvalue weighted by Crippen LogP contribution is -2.48. The summed E-state index contributed by atoms with van der Waals surface area (Å²) in [7, 11) is 0. The van der Waals surface area contributed by atoms with Crippen molar-refractivity contribution < 1.29 is 27.4 Å². The Bertz CT molecular complexity index is 936. The number of rotatable bonds is 5. The van der Waals surface area contributed by atoms with Gasteiger partial charge < -0.3 is 14.4 Å². The molecule has 7 nitrogen and oxygen atoms in total. The first-order valence-corrected chi connectivity index (χ1v) is 10.4. The van der Waals surface area contributed by atoms with Crippen molar-refractivity contribution in [3.05, 3.63) is 46.8 Å². The van der Waals surface area contributed by atoms with Gasteiger partial charge in [-0.1, -0.05) is 12.1 Å². The third-order valence-corrected chi connectivity index (χ3v) is 5.65. The van der Waals surface area contributed by atoms with Gasteiger partial charge >= 0.3 is 6.36 Å². The molecule has 10 heteroatoms. The first-order chi connectivity index (χ1) is 14.9. The Balaban J connectivity index is 1.40. The number of carbonyl (C=O) groups is 1. The van der Waals surface area contributed by atoms with E-state index < -0.39 is 18.0 Å².